The normalized spacial score (nSPS) is 24.7. The van der Waals surface area contributed by atoms with E-state index in [0.717, 1.165) is 12.8 Å². The quantitative estimate of drug-likeness (QED) is 0.445. The van der Waals surface area contributed by atoms with Gasteiger partial charge in [0.2, 0.25) is 0 Å². The summed E-state index contributed by atoms with van der Waals surface area (Å²) in [7, 11) is 0. The fourth-order valence-corrected chi connectivity index (χ4v) is 1.74. The summed E-state index contributed by atoms with van der Waals surface area (Å²) in [6, 6.07) is 0.0651. The molecule has 1 fully saturated rings. The lowest BCUT2D eigenvalue weighted by Gasteiger charge is -2.21. The van der Waals surface area contributed by atoms with Crippen molar-refractivity contribution in [1.82, 2.24) is 5.32 Å². The van der Waals surface area contributed by atoms with Gasteiger partial charge in [0.15, 0.2) is 0 Å². The zero-order chi connectivity index (χ0) is 12.2. The van der Waals surface area contributed by atoms with Crippen LogP contribution in [0.5, 0.6) is 0 Å². The van der Waals surface area contributed by atoms with Crippen molar-refractivity contribution in [2.24, 2.45) is 5.11 Å². The van der Waals surface area contributed by atoms with Crippen molar-refractivity contribution in [3.05, 3.63) is 10.4 Å². The van der Waals surface area contributed by atoms with Gasteiger partial charge < -0.3 is 10.1 Å². The van der Waals surface area contributed by atoms with Crippen LogP contribution in [0.2, 0.25) is 0 Å². The maximum absolute atomic E-state index is 11.4. The lowest BCUT2D eigenvalue weighted by molar-refractivity contribution is 0.0505. The highest BCUT2D eigenvalue weighted by molar-refractivity contribution is 5.68. The van der Waals surface area contributed by atoms with E-state index in [4.69, 9.17) is 10.3 Å². The minimum absolute atomic E-state index is 0.00457. The van der Waals surface area contributed by atoms with Gasteiger partial charge in [-0.05, 0) is 45.6 Å². The van der Waals surface area contributed by atoms with E-state index in [0.29, 0.717) is 6.42 Å². The molecule has 0 aromatic heterocycles. The predicted octanol–water partition coefficient (Wildman–Crippen LogP) is 2.74. The number of azide groups is 1. The number of amides is 1. The summed E-state index contributed by atoms with van der Waals surface area (Å²) in [6.07, 6.45) is 1.95. The van der Waals surface area contributed by atoms with Crippen LogP contribution in [0.15, 0.2) is 5.11 Å². The molecule has 90 valence electrons. The molecule has 0 heterocycles. The minimum atomic E-state index is -0.479. The molecule has 1 saturated carbocycles. The lowest BCUT2D eigenvalue weighted by Crippen LogP contribution is -2.38. The average Bonchev–Trinajstić information content (AvgIpc) is 2.49. The molecule has 2 unspecified atom stereocenters. The Bertz CT molecular complexity index is 304. The Morgan fingerprint density at radius 3 is 2.75 bits per heavy atom. The zero-order valence-electron chi connectivity index (χ0n) is 9.93. The van der Waals surface area contributed by atoms with Crippen molar-refractivity contribution >= 4 is 6.09 Å². The van der Waals surface area contributed by atoms with Gasteiger partial charge in [-0.3, -0.25) is 0 Å². The second-order valence-electron chi connectivity index (χ2n) is 5.01. The molecule has 1 N–H and O–H groups in total. The van der Waals surface area contributed by atoms with Gasteiger partial charge in [-0.1, -0.05) is 5.11 Å². The molecule has 0 saturated heterocycles. The molecule has 0 aromatic carbocycles. The van der Waals surface area contributed by atoms with Crippen molar-refractivity contribution in [3.63, 3.8) is 0 Å². The summed E-state index contributed by atoms with van der Waals surface area (Å²) in [4.78, 5) is 14.2. The van der Waals surface area contributed by atoms with Crippen LogP contribution in [-0.2, 0) is 4.74 Å². The second kappa shape index (κ2) is 5.07. The molecular formula is C10H18N4O2. The Morgan fingerprint density at radius 1 is 1.50 bits per heavy atom. The van der Waals surface area contributed by atoms with E-state index in [2.05, 4.69) is 15.3 Å². The molecule has 6 nitrogen and oxygen atoms in total. The largest absolute Gasteiger partial charge is 0.444 e. The van der Waals surface area contributed by atoms with E-state index in [-0.39, 0.29) is 12.1 Å². The standard InChI is InChI=1S/C10H18N4O2/c1-10(2,3)16-9(15)12-7-4-5-8(6-7)13-14-11/h7-8H,4-6H2,1-3H3,(H,12,15). The monoisotopic (exact) mass is 226 g/mol. The number of hydrogen-bond donors (Lipinski definition) is 1. The molecule has 1 rings (SSSR count). The number of nitrogens with zero attached hydrogens (tertiary/aromatic N) is 3. The number of nitrogens with one attached hydrogen (secondary N) is 1. The molecule has 1 amide bonds. The first kappa shape index (κ1) is 12.6. The summed E-state index contributed by atoms with van der Waals surface area (Å²) in [6.45, 7) is 5.47. The van der Waals surface area contributed by atoms with Gasteiger partial charge in [0.25, 0.3) is 0 Å². The molecular weight excluding hydrogens is 208 g/mol. The highest BCUT2D eigenvalue weighted by atomic mass is 16.6. The number of carbonyl (C=O) groups excluding carboxylic acids is 1. The average molecular weight is 226 g/mol. The Labute approximate surface area is 95.0 Å². The molecule has 1 aliphatic rings. The fraction of sp³-hybridized carbons (Fsp3) is 0.900. The van der Waals surface area contributed by atoms with E-state index in [1.807, 2.05) is 20.8 Å². The van der Waals surface area contributed by atoms with Gasteiger partial charge in [-0.2, -0.15) is 0 Å². The van der Waals surface area contributed by atoms with Crippen molar-refractivity contribution < 1.29 is 9.53 Å². The Morgan fingerprint density at radius 2 is 2.19 bits per heavy atom. The first-order valence-electron chi connectivity index (χ1n) is 5.44. The van der Waals surface area contributed by atoms with E-state index in [1.165, 1.54) is 0 Å². The van der Waals surface area contributed by atoms with Gasteiger partial charge in [-0.25, -0.2) is 4.79 Å². The highest BCUT2D eigenvalue weighted by Gasteiger charge is 2.26. The van der Waals surface area contributed by atoms with E-state index < -0.39 is 11.7 Å². The summed E-state index contributed by atoms with van der Waals surface area (Å²) < 4.78 is 5.14. The Kier molecular flexibility index (Phi) is 4.01. The van der Waals surface area contributed by atoms with Gasteiger partial charge in [-0.15, -0.1) is 0 Å². The smallest absolute Gasteiger partial charge is 0.407 e. The van der Waals surface area contributed by atoms with E-state index in [9.17, 15) is 4.79 Å². The van der Waals surface area contributed by atoms with Gasteiger partial charge in [0.05, 0.1) is 0 Å². The SMILES string of the molecule is CC(C)(C)OC(=O)NC1CCC(N=[N+]=[N-])C1. The van der Waals surface area contributed by atoms with Crippen LogP contribution in [0, 0.1) is 0 Å². The number of carbonyl (C=O) groups is 1. The maximum atomic E-state index is 11.4. The number of rotatable bonds is 2. The van der Waals surface area contributed by atoms with Gasteiger partial charge in [0.1, 0.15) is 5.60 Å². The summed E-state index contributed by atoms with van der Waals surface area (Å²) in [5.41, 5.74) is 7.81. The number of hydrogen-bond acceptors (Lipinski definition) is 3. The van der Waals surface area contributed by atoms with Crippen LogP contribution in [0.25, 0.3) is 10.4 Å². The molecule has 0 bridgehead atoms. The molecule has 0 radical (unpaired) electrons. The van der Waals surface area contributed by atoms with Crippen molar-refractivity contribution in [2.45, 2.75) is 57.7 Å². The molecule has 16 heavy (non-hydrogen) atoms. The molecule has 0 aliphatic heterocycles. The Balaban J connectivity index is 2.34. The summed E-state index contributed by atoms with van der Waals surface area (Å²) in [5.74, 6) is 0. The highest BCUT2D eigenvalue weighted by Crippen LogP contribution is 2.22. The van der Waals surface area contributed by atoms with Crippen LogP contribution in [0.4, 0.5) is 4.79 Å². The molecule has 6 heteroatoms. The number of ether oxygens (including phenoxy) is 1. The Hall–Kier alpha value is -1.42. The molecule has 0 spiro atoms. The van der Waals surface area contributed by atoms with Crippen molar-refractivity contribution in [2.75, 3.05) is 0 Å². The van der Waals surface area contributed by atoms with E-state index in [1.54, 1.807) is 0 Å². The molecule has 2 atom stereocenters. The molecule has 0 aromatic rings. The van der Waals surface area contributed by atoms with E-state index >= 15 is 0 Å². The van der Waals surface area contributed by atoms with Crippen LogP contribution in [0.1, 0.15) is 40.0 Å². The molecule has 1 aliphatic carbocycles. The van der Waals surface area contributed by atoms with Crippen LogP contribution in [0.3, 0.4) is 0 Å². The lowest BCUT2D eigenvalue weighted by atomic mass is 10.2. The predicted molar refractivity (Wildman–Crippen MR) is 59.9 cm³/mol. The van der Waals surface area contributed by atoms with Gasteiger partial charge in [0, 0.05) is 17.0 Å². The zero-order valence-corrected chi connectivity index (χ0v) is 9.93. The second-order valence-corrected chi connectivity index (χ2v) is 5.01. The van der Waals surface area contributed by atoms with Gasteiger partial charge >= 0.3 is 6.09 Å². The first-order valence-corrected chi connectivity index (χ1v) is 5.44. The maximum Gasteiger partial charge on any atom is 0.407 e. The number of alkyl carbamates (subject to hydrolysis) is 1. The van der Waals surface area contributed by atoms with Crippen molar-refractivity contribution in [1.29, 1.82) is 0 Å². The van der Waals surface area contributed by atoms with Crippen LogP contribution >= 0.6 is 0 Å². The third kappa shape index (κ3) is 4.40. The third-order valence-electron chi connectivity index (χ3n) is 2.34. The van der Waals surface area contributed by atoms with Crippen LogP contribution in [-0.4, -0.2) is 23.8 Å². The van der Waals surface area contributed by atoms with Crippen molar-refractivity contribution in [3.8, 4) is 0 Å². The summed E-state index contributed by atoms with van der Waals surface area (Å²) in [5, 5.41) is 6.42. The third-order valence-corrected chi connectivity index (χ3v) is 2.34. The first-order chi connectivity index (χ1) is 7.40. The fourth-order valence-electron chi connectivity index (χ4n) is 1.74. The van der Waals surface area contributed by atoms with Crippen LogP contribution < -0.4 is 5.32 Å². The summed E-state index contributed by atoms with van der Waals surface area (Å²) >= 11 is 0. The topological polar surface area (TPSA) is 87.1 Å². The minimum Gasteiger partial charge on any atom is -0.444 e.